The maximum absolute atomic E-state index is 8.67. The number of aryl methyl sites for hydroxylation is 2. The molecule has 1 aromatic rings. The third kappa shape index (κ3) is 3.88. The number of hydrogen-bond acceptors (Lipinski definition) is 3. The van der Waals surface area contributed by atoms with E-state index in [-0.39, 0.29) is 6.61 Å². The van der Waals surface area contributed by atoms with Gasteiger partial charge in [0.2, 0.25) is 0 Å². The molecule has 0 saturated carbocycles. The van der Waals surface area contributed by atoms with Gasteiger partial charge in [-0.25, -0.2) is 4.98 Å². The Labute approximate surface area is 91.3 Å². The number of pyridine rings is 1. The molecule has 0 amide bonds. The molecule has 0 aromatic carbocycles. The molecule has 0 bridgehead atoms. The fourth-order valence-corrected chi connectivity index (χ4v) is 1.58. The number of aromatic nitrogens is 1. The molecule has 1 aromatic heterocycles. The van der Waals surface area contributed by atoms with Crippen LogP contribution in [0.2, 0.25) is 0 Å². The van der Waals surface area contributed by atoms with Gasteiger partial charge in [0.15, 0.2) is 0 Å². The Morgan fingerprint density at radius 2 is 2.07 bits per heavy atom. The monoisotopic (exact) mass is 208 g/mol. The van der Waals surface area contributed by atoms with Crippen molar-refractivity contribution in [3.05, 3.63) is 23.4 Å². The van der Waals surface area contributed by atoms with Crippen molar-refractivity contribution in [3.63, 3.8) is 0 Å². The van der Waals surface area contributed by atoms with Crippen LogP contribution in [-0.4, -0.2) is 16.7 Å². The number of nitrogens with two attached hydrogens (primary N) is 1. The Kier molecular flexibility index (Phi) is 5.12. The molecule has 0 atom stereocenters. The molecule has 0 aliphatic rings. The molecule has 1 heterocycles. The molecule has 3 N–H and O–H groups in total. The summed E-state index contributed by atoms with van der Waals surface area (Å²) in [4.78, 5) is 4.36. The van der Waals surface area contributed by atoms with Crippen molar-refractivity contribution in [2.45, 2.75) is 39.0 Å². The molecule has 0 unspecified atom stereocenters. The lowest BCUT2D eigenvalue weighted by atomic mass is 10.1. The number of aliphatic hydroxyl groups is 1. The topological polar surface area (TPSA) is 59.1 Å². The second-order valence-corrected chi connectivity index (χ2v) is 3.78. The molecule has 0 spiro atoms. The van der Waals surface area contributed by atoms with Crippen LogP contribution in [0.15, 0.2) is 12.1 Å². The van der Waals surface area contributed by atoms with Gasteiger partial charge in [-0.15, -0.1) is 0 Å². The van der Waals surface area contributed by atoms with E-state index < -0.39 is 0 Å². The van der Waals surface area contributed by atoms with E-state index in [0.717, 1.165) is 43.4 Å². The zero-order valence-corrected chi connectivity index (χ0v) is 9.37. The highest BCUT2D eigenvalue weighted by Crippen LogP contribution is 2.13. The van der Waals surface area contributed by atoms with Crippen molar-refractivity contribution in [1.82, 2.24) is 4.98 Å². The first kappa shape index (κ1) is 12.0. The summed E-state index contributed by atoms with van der Waals surface area (Å²) in [5.74, 6) is 0.665. The summed E-state index contributed by atoms with van der Waals surface area (Å²) in [5, 5.41) is 8.67. The van der Waals surface area contributed by atoms with Gasteiger partial charge in [-0.05, 0) is 37.3 Å². The van der Waals surface area contributed by atoms with Crippen LogP contribution < -0.4 is 5.73 Å². The van der Waals surface area contributed by atoms with Crippen LogP contribution in [0.1, 0.15) is 37.4 Å². The molecular formula is C12H20N2O. The smallest absolute Gasteiger partial charge is 0.126 e. The van der Waals surface area contributed by atoms with Crippen LogP contribution in [0.4, 0.5) is 5.82 Å². The van der Waals surface area contributed by atoms with E-state index in [1.165, 1.54) is 0 Å². The van der Waals surface area contributed by atoms with Crippen LogP contribution in [-0.2, 0) is 12.8 Å². The number of unbranched alkanes of at least 4 members (excludes halogenated alkanes) is 1. The maximum Gasteiger partial charge on any atom is 0.126 e. The van der Waals surface area contributed by atoms with Gasteiger partial charge in [0.05, 0.1) is 0 Å². The normalized spacial score (nSPS) is 10.5. The summed E-state index contributed by atoms with van der Waals surface area (Å²) in [6.45, 7) is 2.39. The van der Waals surface area contributed by atoms with E-state index in [4.69, 9.17) is 10.8 Å². The van der Waals surface area contributed by atoms with Crippen LogP contribution >= 0.6 is 0 Å². The second kappa shape index (κ2) is 6.40. The minimum atomic E-state index is 0.253. The quantitative estimate of drug-likeness (QED) is 0.702. The number of anilines is 1. The summed E-state index contributed by atoms with van der Waals surface area (Å²) in [5.41, 5.74) is 8.02. The zero-order valence-electron chi connectivity index (χ0n) is 9.37. The first-order valence-corrected chi connectivity index (χ1v) is 5.63. The average Bonchev–Trinajstić information content (AvgIpc) is 2.23. The predicted octanol–water partition coefficient (Wildman–Crippen LogP) is 1.93. The number of aliphatic hydroxyl groups excluding tert-OH is 1. The molecule has 84 valence electrons. The lowest BCUT2D eigenvalue weighted by molar-refractivity contribution is 0.284. The number of nitrogen functional groups attached to an aromatic ring is 1. The largest absolute Gasteiger partial charge is 0.396 e. The van der Waals surface area contributed by atoms with Gasteiger partial charge in [-0.2, -0.15) is 0 Å². The summed E-state index contributed by atoms with van der Waals surface area (Å²) >= 11 is 0. The lowest BCUT2D eigenvalue weighted by Crippen LogP contribution is -2.01. The minimum absolute atomic E-state index is 0.253. The Hall–Kier alpha value is -1.09. The zero-order chi connectivity index (χ0) is 11.1. The van der Waals surface area contributed by atoms with Crippen LogP contribution in [0.5, 0.6) is 0 Å². The van der Waals surface area contributed by atoms with Crippen molar-refractivity contribution in [2.75, 3.05) is 12.3 Å². The Morgan fingerprint density at radius 1 is 1.27 bits per heavy atom. The molecule has 0 aliphatic carbocycles. The van der Waals surface area contributed by atoms with E-state index >= 15 is 0 Å². The summed E-state index contributed by atoms with van der Waals surface area (Å²) in [6, 6.07) is 4.11. The SMILES string of the molecule is CCCc1ccc(CCCCO)nc1N. The Bertz CT molecular complexity index is 300. The first-order chi connectivity index (χ1) is 7.27. The highest BCUT2D eigenvalue weighted by molar-refractivity contribution is 5.40. The Balaban J connectivity index is 2.56. The highest BCUT2D eigenvalue weighted by atomic mass is 16.2. The van der Waals surface area contributed by atoms with E-state index in [0.29, 0.717) is 5.82 Å². The van der Waals surface area contributed by atoms with Gasteiger partial charge in [-0.1, -0.05) is 19.4 Å². The van der Waals surface area contributed by atoms with Gasteiger partial charge >= 0.3 is 0 Å². The van der Waals surface area contributed by atoms with Gasteiger partial charge < -0.3 is 10.8 Å². The van der Waals surface area contributed by atoms with Gasteiger partial charge in [-0.3, -0.25) is 0 Å². The highest BCUT2D eigenvalue weighted by Gasteiger charge is 2.01. The number of rotatable bonds is 6. The van der Waals surface area contributed by atoms with E-state index in [1.54, 1.807) is 0 Å². The minimum Gasteiger partial charge on any atom is -0.396 e. The van der Waals surface area contributed by atoms with E-state index in [1.807, 2.05) is 6.07 Å². The molecule has 3 heteroatoms. The number of hydrogen-bond donors (Lipinski definition) is 2. The standard InChI is InChI=1S/C12H20N2O/c1-2-5-10-7-8-11(14-12(10)13)6-3-4-9-15/h7-8,15H,2-6,9H2,1H3,(H2,13,14). The van der Waals surface area contributed by atoms with Gasteiger partial charge in [0, 0.05) is 12.3 Å². The second-order valence-electron chi connectivity index (χ2n) is 3.78. The van der Waals surface area contributed by atoms with Crippen molar-refractivity contribution >= 4 is 5.82 Å². The van der Waals surface area contributed by atoms with E-state index in [9.17, 15) is 0 Å². The fraction of sp³-hybridized carbons (Fsp3) is 0.583. The van der Waals surface area contributed by atoms with Crippen LogP contribution in [0.3, 0.4) is 0 Å². The summed E-state index contributed by atoms with van der Waals surface area (Å²) < 4.78 is 0. The maximum atomic E-state index is 8.67. The molecule has 0 fully saturated rings. The third-order valence-electron chi connectivity index (χ3n) is 2.43. The van der Waals surface area contributed by atoms with Gasteiger partial charge in [0.25, 0.3) is 0 Å². The number of nitrogens with zero attached hydrogens (tertiary/aromatic N) is 1. The molecular weight excluding hydrogens is 188 g/mol. The predicted molar refractivity (Wildman–Crippen MR) is 62.7 cm³/mol. The lowest BCUT2D eigenvalue weighted by Gasteiger charge is -2.06. The molecule has 0 saturated heterocycles. The molecule has 1 rings (SSSR count). The van der Waals surface area contributed by atoms with Crippen molar-refractivity contribution < 1.29 is 5.11 Å². The molecule has 0 radical (unpaired) electrons. The fourth-order valence-electron chi connectivity index (χ4n) is 1.58. The van der Waals surface area contributed by atoms with Crippen molar-refractivity contribution in [3.8, 4) is 0 Å². The van der Waals surface area contributed by atoms with Gasteiger partial charge in [0.1, 0.15) is 5.82 Å². The van der Waals surface area contributed by atoms with Crippen molar-refractivity contribution in [1.29, 1.82) is 0 Å². The molecule has 0 aliphatic heterocycles. The third-order valence-corrected chi connectivity index (χ3v) is 2.43. The van der Waals surface area contributed by atoms with E-state index in [2.05, 4.69) is 18.0 Å². The molecule has 15 heavy (non-hydrogen) atoms. The Morgan fingerprint density at radius 3 is 2.67 bits per heavy atom. The molecule has 3 nitrogen and oxygen atoms in total. The summed E-state index contributed by atoms with van der Waals surface area (Å²) in [7, 11) is 0. The van der Waals surface area contributed by atoms with Crippen LogP contribution in [0.25, 0.3) is 0 Å². The van der Waals surface area contributed by atoms with Crippen molar-refractivity contribution in [2.24, 2.45) is 0 Å². The summed E-state index contributed by atoms with van der Waals surface area (Å²) in [6.07, 6.45) is 4.79. The van der Waals surface area contributed by atoms with Crippen LogP contribution in [0, 0.1) is 0 Å². The average molecular weight is 208 g/mol. The first-order valence-electron chi connectivity index (χ1n) is 5.63.